The highest BCUT2D eigenvalue weighted by Gasteiger charge is 2.84. The van der Waals surface area contributed by atoms with Gasteiger partial charge in [-0.3, -0.25) is 0 Å². The first kappa shape index (κ1) is 13.5. The number of rotatable bonds is 0. The first-order valence-corrected chi connectivity index (χ1v) is 10.9. The lowest BCUT2D eigenvalue weighted by Gasteiger charge is -2.78. The average molecular weight is 395 g/mol. The van der Waals surface area contributed by atoms with Gasteiger partial charge in [0.2, 0.25) is 0 Å². The van der Waals surface area contributed by atoms with Gasteiger partial charge in [0.1, 0.15) is 0 Å². The Morgan fingerprint density at radius 2 is 1.75 bits per heavy atom. The van der Waals surface area contributed by atoms with Gasteiger partial charge in [-0.25, -0.2) is 0 Å². The van der Waals surface area contributed by atoms with Gasteiger partial charge in [-0.15, -0.1) is 0 Å². The van der Waals surface area contributed by atoms with E-state index in [2.05, 4.69) is 58.4 Å². The van der Waals surface area contributed by atoms with Crippen LogP contribution in [0, 0.1) is 29.1 Å². The molecule has 2 heteroatoms. The van der Waals surface area contributed by atoms with Gasteiger partial charge in [-0.2, -0.15) is 0 Å². The van der Waals surface area contributed by atoms with Crippen molar-refractivity contribution >= 4 is 27.7 Å². The summed E-state index contributed by atoms with van der Waals surface area (Å²) in [5.74, 6) is 3.92. The van der Waals surface area contributed by atoms with E-state index >= 15 is 0 Å². The molecule has 24 heavy (non-hydrogen) atoms. The fraction of sp³-hybridized carbons (Fsp3) is 0.455. The third-order valence-electron chi connectivity index (χ3n) is 8.45. The molecule has 6 unspecified atom stereocenters. The van der Waals surface area contributed by atoms with Gasteiger partial charge in [0, 0.05) is 19.7 Å². The van der Waals surface area contributed by atoms with E-state index in [0.29, 0.717) is 5.41 Å². The first-order valence-electron chi connectivity index (χ1n) is 9.32. The maximum atomic E-state index is 3.71. The van der Waals surface area contributed by atoms with Gasteiger partial charge in [-0.1, -0.05) is 52.0 Å². The molecular formula is C22H19BrS. The summed E-state index contributed by atoms with van der Waals surface area (Å²) in [5, 5.41) is 0. The van der Waals surface area contributed by atoms with Gasteiger partial charge in [-0.05, 0) is 84.1 Å². The summed E-state index contributed by atoms with van der Waals surface area (Å²) >= 11 is 5.70. The van der Waals surface area contributed by atoms with Gasteiger partial charge in [0.25, 0.3) is 0 Å². The molecule has 0 nitrogen and oxygen atoms in total. The van der Waals surface area contributed by atoms with Crippen LogP contribution in [0.5, 0.6) is 0 Å². The molecule has 4 aliphatic carbocycles. The number of halogens is 1. The molecule has 120 valence electrons. The number of fused-ring (bicyclic) bond motifs is 7. The number of hydrogen-bond donors (Lipinski definition) is 0. The molecule has 0 radical (unpaired) electrons. The van der Waals surface area contributed by atoms with E-state index in [-0.39, 0.29) is 0 Å². The molecule has 6 atom stereocenters. The van der Waals surface area contributed by atoms with E-state index in [9.17, 15) is 0 Å². The molecule has 5 aliphatic rings. The van der Waals surface area contributed by atoms with Crippen molar-refractivity contribution in [3.63, 3.8) is 0 Å². The van der Waals surface area contributed by atoms with Crippen molar-refractivity contribution in [3.05, 3.63) is 58.1 Å². The third-order valence-corrected chi connectivity index (χ3v) is 10.1. The van der Waals surface area contributed by atoms with Crippen LogP contribution in [-0.2, 0) is 5.41 Å². The quantitative estimate of drug-likeness (QED) is 0.507. The normalized spacial score (nSPS) is 45.2. The fourth-order valence-corrected chi connectivity index (χ4v) is 9.84. The molecule has 4 fully saturated rings. The maximum Gasteiger partial charge on any atom is 0.0292 e. The Morgan fingerprint density at radius 3 is 2.67 bits per heavy atom. The van der Waals surface area contributed by atoms with E-state index in [1.807, 2.05) is 11.8 Å². The lowest BCUT2D eigenvalue weighted by atomic mass is 9.26. The Morgan fingerprint density at radius 1 is 0.917 bits per heavy atom. The van der Waals surface area contributed by atoms with Crippen molar-refractivity contribution < 1.29 is 0 Å². The Kier molecular flexibility index (Phi) is 2.24. The van der Waals surface area contributed by atoms with E-state index < -0.39 is 0 Å². The molecule has 2 spiro atoms. The van der Waals surface area contributed by atoms with Crippen molar-refractivity contribution in [2.45, 2.75) is 40.9 Å². The highest BCUT2D eigenvalue weighted by molar-refractivity contribution is 9.10. The molecule has 0 N–H and O–H groups in total. The van der Waals surface area contributed by atoms with E-state index in [4.69, 9.17) is 0 Å². The maximum absolute atomic E-state index is 3.71. The number of benzene rings is 2. The van der Waals surface area contributed by atoms with Crippen LogP contribution in [0.25, 0.3) is 0 Å². The van der Waals surface area contributed by atoms with Crippen LogP contribution in [-0.4, -0.2) is 0 Å². The molecule has 1 aliphatic heterocycles. The summed E-state index contributed by atoms with van der Waals surface area (Å²) in [6, 6.07) is 16.4. The average Bonchev–Trinajstić information content (AvgIpc) is 3.09. The van der Waals surface area contributed by atoms with Gasteiger partial charge >= 0.3 is 0 Å². The SMILES string of the molecule is Brc1ccc2c(c1)Sc1ccccc1C21C2CC3CC4CC1C42C3. The summed E-state index contributed by atoms with van der Waals surface area (Å²) < 4.78 is 1.22. The molecule has 7 rings (SSSR count). The molecular weight excluding hydrogens is 376 g/mol. The molecule has 0 saturated heterocycles. The van der Waals surface area contributed by atoms with Gasteiger partial charge in [0.15, 0.2) is 0 Å². The van der Waals surface area contributed by atoms with Crippen LogP contribution in [0.3, 0.4) is 0 Å². The smallest absolute Gasteiger partial charge is 0.0292 e. The van der Waals surface area contributed by atoms with Crippen LogP contribution in [0.1, 0.15) is 36.8 Å². The molecule has 4 saturated carbocycles. The lowest BCUT2D eigenvalue weighted by Crippen LogP contribution is -2.74. The minimum Gasteiger partial charge on any atom is -0.0894 e. The minimum absolute atomic E-state index is 0.337. The van der Waals surface area contributed by atoms with E-state index in [0.717, 1.165) is 29.1 Å². The lowest BCUT2D eigenvalue weighted by molar-refractivity contribution is -0.235. The summed E-state index contributed by atoms with van der Waals surface area (Å²) in [6.07, 6.45) is 6.08. The fourth-order valence-electron chi connectivity index (χ4n) is 8.06. The topological polar surface area (TPSA) is 0 Å². The third kappa shape index (κ3) is 1.17. The van der Waals surface area contributed by atoms with Crippen molar-refractivity contribution in [2.24, 2.45) is 29.1 Å². The highest BCUT2D eigenvalue weighted by Crippen LogP contribution is 2.89. The highest BCUT2D eigenvalue weighted by atomic mass is 79.9. The van der Waals surface area contributed by atoms with Gasteiger partial charge < -0.3 is 0 Å². The number of hydrogen-bond acceptors (Lipinski definition) is 1. The molecule has 2 aromatic rings. The Hall–Kier alpha value is -0.730. The largest absolute Gasteiger partial charge is 0.0894 e. The Labute approximate surface area is 155 Å². The predicted octanol–water partition coefficient (Wildman–Crippen LogP) is 6.27. The second-order valence-electron chi connectivity index (χ2n) is 8.80. The van der Waals surface area contributed by atoms with Crippen molar-refractivity contribution in [1.29, 1.82) is 0 Å². The summed E-state index contributed by atoms with van der Waals surface area (Å²) in [6.45, 7) is 0. The molecule has 0 aromatic heterocycles. The zero-order chi connectivity index (χ0) is 15.7. The molecule has 2 aromatic carbocycles. The second kappa shape index (κ2) is 3.99. The first-order chi connectivity index (χ1) is 11.7. The standard InChI is InChI=1S/C22H19BrS/c23-14-5-6-16-18(10-14)24-17-4-2-1-3-15(17)22(16)19-8-12-7-13-9-20(22)21(13,19)11-12/h1-6,10,12-13,19-20H,7-9,11H2. The minimum atomic E-state index is 0.337. The summed E-state index contributed by atoms with van der Waals surface area (Å²) in [4.78, 5) is 3.02. The molecule has 2 bridgehead atoms. The molecule has 1 heterocycles. The Bertz CT molecular complexity index is 920. The van der Waals surface area contributed by atoms with Crippen LogP contribution < -0.4 is 0 Å². The van der Waals surface area contributed by atoms with Crippen LogP contribution in [0.15, 0.2) is 56.7 Å². The zero-order valence-corrected chi connectivity index (χ0v) is 15.9. The monoisotopic (exact) mass is 394 g/mol. The zero-order valence-electron chi connectivity index (χ0n) is 13.5. The Balaban J connectivity index is 1.54. The van der Waals surface area contributed by atoms with E-state index in [1.54, 1.807) is 24.0 Å². The second-order valence-corrected chi connectivity index (χ2v) is 10.8. The summed E-state index contributed by atoms with van der Waals surface area (Å²) in [7, 11) is 0. The summed E-state index contributed by atoms with van der Waals surface area (Å²) in [5.41, 5.74) is 4.39. The van der Waals surface area contributed by atoms with Crippen molar-refractivity contribution in [3.8, 4) is 0 Å². The van der Waals surface area contributed by atoms with Crippen molar-refractivity contribution in [2.75, 3.05) is 0 Å². The van der Waals surface area contributed by atoms with Crippen LogP contribution in [0.2, 0.25) is 0 Å². The van der Waals surface area contributed by atoms with Crippen LogP contribution in [0.4, 0.5) is 0 Å². The van der Waals surface area contributed by atoms with Gasteiger partial charge in [0.05, 0.1) is 0 Å². The predicted molar refractivity (Wildman–Crippen MR) is 100 cm³/mol. The van der Waals surface area contributed by atoms with E-state index in [1.165, 1.54) is 27.1 Å². The molecule has 0 amide bonds. The van der Waals surface area contributed by atoms with Crippen LogP contribution >= 0.6 is 27.7 Å². The van der Waals surface area contributed by atoms with Crippen molar-refractivity contribution in [1.82, 2.24) is 0 Å².